The van der Waals surface area contributed by atoms with Gasteiger partial charge < -0.3 is 15.5 Å². The van der Waals surface area contributed by atoms with E-state index in [9.17, 15) is 14.4 Å². The predicted molar refractivity (Wildman–Crippen MR) is 70.0 cm³/mol. The normalized spacial score (nSPS) is 14.4. The van der Waals surface area contributed by atoms with Gasteiger partial charge in [-0.25, -0.2) is 14.6 Å². The molecule has 1 heterocycles. The Balaban J connectivity index is 1.93. The molecule has 0 aromatic carbocycles. The molecule has 1 aromatic heterocycles. The number of anilines is 1. The van der Waals surface area contributed by atoms with Gasteiger partial charge in [-0.05, 0) is 19.3 Å². The van der Waals surface area contributed by atoms with Gasteiger partial charge in [-0.2, -0.15) is 0 Å². The fourth-order valence-corrected chi connectivity index (χ4v) is 2.95. The lowest BCUT2D eigenvalue weighted by atomic mass is 10.2. The van der Waals surface area contributed by atoms with Crippen LogP contribution in [0, 0.1) is 0 Å². The number of hydrogen-bond donors (Lipinski definition) is 4. The molecular weight excluding hydrogens is 286 g/mol. The molecule has 0 radical (unpaired) electrons. The molecule has 0 saturated heterocycles. The molecular formula is C11H13N3O5S. The van der Waals surface area contributed by atoms with Gasteiger partial charge in [0.25, 0.3) is 0 Å². The van der Waals surface area contributed by atoms with Crippen LogP contribution in [0.1, 0.15) is 23.4 Å². The summed E-state index contributed by atoms with van der Waals surface area (Å²) in [5.41, 5.74) is 0.964. The van der Waals surface area contributed by atoms with E-state index >= 15 is 0 Å². The molecule has 0 saturated carbocycles. The zero-order valence-corrected chi connectivity index (χ0v) is 11.2. The molecule has 0 spiro atoms. The largest absolute Gasteiger partial charge is 0.481 e. The zero-order chi connectivity index (χ0) is 14.7. The highest BCUT2D eigenvalue weighted by Gasteiger charge is 2.24. The van der Waals surface area contributed by atoms with Crippen LogP contribution in [0.25, 0.3) is 0 Å². The van der Waals surface area contributed by atoms with Crippen LogP contribution in [0.5, 0.6) is 0 Å². The van der Waals surface area contributed by atoms with Crippen molar-refractivity contribution in [3.8, 4) is 0 Å². The van der Waals surface area contributed by atoms with E-state index in [1.807, 2.05) is 0 Å². The third-order valence-electron chi connectivity index (χ3n) is 2.80. The maximum Gasteiger partial charge on any atom is 0.326 e. The molecule has 8 nitrogen and oxygen atoms in total. The number of carbonyl (C=O) groups excluding carboxylic acids is 1. The van der Waals surface area contributed by atoms with Crippen molar-refractivity contribution in [2.75, 3.05) is 5.32 Å². The summed E-state index contributed by atoms with van der Waals surface area (Å²) in [4.78, 5) is 38.3. The second-order valence-corrected chi connectivity index (χ2v) is 5.41. The summed E-state index contributed by atoms with van der Waals surface area (Å²) < 4.78 is 0. The molecule has 108 valence electrons. The van der Waals surface area contributed by atoms with Crippen molar-refractivity contribution in [1.82, 2.24) is 10.3 Å². The Morgan fingerprint density at radius 1 is 1.30 bits per heavy atom. The molecule has 0 bridgehead atoms. The fraction of sp³-hybridized carbons (Fsp3) is 0.455. The molecule has 20 heavy (non-hydrogen) atoms. The van der Waals surface area contributed by atoms with Crippen LogP contribution in [-0.4, -0.2) is 39.2 Å². The van der Waals surface area contributed by atoms with Crippen molar-refractivity contribution in [3.05, 3.63) is 10.6 Å². The van der Waals surface area contributed by atoms with Crippen LogP contribution in [0.15, 0.2) is 0 Å². The average molecular weight is 299 g/mol. The number of nitrogens with zero attached hydrogens (tertiary/aromatic N) is 1. The molecule has 4 N–H and O–H groups in total. The molecule has 1 atom stereocenters. The Kier molecular flexibility index (Phi) is 4.18. The van der Waals surface area contributed by atoms with Gasteiger partial charge >= 0.3 is 18.0 Å². The lowest BCUT2D eigenvalue weighted by Crippen LogP contribution is -2.44. The quantitative estimate of drug-likeness (QED) is 0.633. The number of carboxylic acids is 2. The van der Waals surface area contributed by atoms with Gasteiger partial charge in [-0.3, -0.25) is 10.1 Å². The maximum atomic E-state index is 11.6. The minimum atomic E-state index is -1.47. The van der Waals surface area contributed by atoms with E-state index in [0.29, 0.717) is 5.13 Å². The van der Waals surface area contributed by atoms with Crippen molar-refractivity contribution >= 4 is 34.4 Å². The number of aliphatic carboxylic acids is 2. The Bertz CT molecular complexity index is 535. The van der Waals surface area contributed by atoms with E-state index in [-0.39, 0.29) is 0 Å². The average Bonchev–Trinajstić information content (AvgIpc) is 2.87. The van der Waals surface area contributed by atoms with E-state index < -0.39 is 30.4 Å². The van der Waals surface area contributed by atoms with E-state index in [2.05, 4.69) is 15.6 Å². The van der Waals surface area contributed by atoms with E-state index in [1.165, 1.54) is 11.3 Å². The molecule has 2 amide bonds. The smallest absolute Gasteiger partial charge is 0.326 e. The topological polar surface area (TPSA) is 129 Å². The van der Waals surface area contributed by atoms with Crippen LogP contribution in [0.4, 0.5) is 9.93 Å². The van der Waals surface area contributed by atoms with Gasteiger partial charge in [0.1, 0.15) is 6.04 Å². The number of rotatable bonds is 5. The first-order valence-corrected chi connectivity index (χ1v) is 6.78. The first kappa shape index (κ1) is 14.3. The number of nitrogens with one attached hydrogen (secondary N) is 2. The first-order valence-electron chi connectivity index (χ1n) is 5.96. The molecule has 0 fully saturated rings. The lowest BCUT2D eigenvalue weighted by Gasteiger charge is -2.12. The van der Waals surface area contributed by atoms with E-state index in [0.717, 1.165) is 29.8 Å². The molecule has 1 aromatic rings. The number of thiazole rings is 1. The summed E-state index contributed by atoms with van der Waals surface area (Å²) in [7, 11) is 0. The fourth-order valence-electron chi connectivity index (χ4n) is 1.91. The lowest BCUT2D eigenvalue weighted by molar-refractivity contribution is -0.145. The van der Waals surface area contributed by atoms with Gasteiger partial charge in [-0.15, -0.1) is 11.3 Å². The second-order valence-electron chi connectivity index (χ2n) is 4.33. The standard InChI is InChI=1S/C11H13N3O5S/c15-8(16)4-6(9(17)18)12-10(19)14-11-13-5-2-1-3-7(5)20-11/h6H,1-4H2,(H,15,16)(H,17,18)(H2,12,13,14,19)/t6-/m1/s1. The maximum absolute atomic E-state index is 11.6. The molecule has 0 aliphatic heterocycles. The van der Waals surface area contributed by atoms with Crippen molar-refractivity contribution in [2.24, 2.45) is 0 Å². The monoisotopic (exact) mass is 299 g/mol. The molecule has 9 heteroatoms. The number of fused-ring (bicyclic) bond motifs is 1. The highest BCUT2D eigenvalue weighted by molar-refractivity contribution is 7.15. The van der Waals surface area contributed by atoms with E-state index in [4.69, 9.17) is 10.2 Å². The minimum absolute atomic E-state index is 0.395. The first-order chi connectivity index (χ1) is 9.45. The molecule has 1 aliphatic rings. The number of carboxylic acid groups (broad SMARTS) is 2. The van der Waals surface area contributed by atoms with Crippen molar-refractivity contribution < 1.29 is 24.6 Å². The molecule has 1 aliphatic carbocycles. The number of aryl methyl sites for hydroxylation is 2. The number of hydrogen-bond acceptors (Lipinski definition) is 5. The van der Waals surface area contributed by atoms with Crippen LogP contribution >= 0.6 is 11.3 Å². The Hall–Kier alpha value is -2.16. The number of aromatic nitrogens is 1. The van der Waals surface area contributed by atoms with Crippen molar-refractivity contribution in [2.45, 2.75) is 31.7 Å². The van der Waals surface area contributed by atoms with Gasteiger partial charge in [0.15, 0.2) is 5.13 Å². The number of carbonyl (C=O) groups is 3. The van der Waals surface area contributed by atoms with Crippen LogP contribution in [-0.2, 0) is 22.4 Å². The third kappa shape index (κ3) is 3.44. The highest BCUT2D eigenvalue weighted by atomic mass is 32.1. The van der Waals surface area contributed by atoms with Gasteiger partial charge in [0.05, 0.1) is 12.1 Å². The van der Waals surface area contributed by atoms with Crippen LogP contribution in [0.3, 0.4) is 0 Å². The Morgan fingerprint density at radius 2 is 2.05 bits per heavy atom. The second kappa shape index (κ2) is 5.87. The Morgan fingerprint density at radius 3 is 2.65 bits per heavy atom. The summed E-state index contributed by atoms with van der Waals surface area (Å²) in [6.07, 6.45) is 2.19. The summed E-state index contributed by atoms with van der Waals surface area (Å²) in [6, 6.07) is -2.25. The van der Waals surface area contributed by atoms with Crippen molar-refractivity contribution in [1.29, 1.82) is 0 Å². The third-order valence-corrected chi connectivity index (χ3v) is 3.87. The summed E-state index contributed by atoms with van der Waals surface area (Å²) in [5, 5.41) is 22.3. The molecule has 2 rings (SSSR count). The highest BCUT2D eigenvalue weighted by Crippen LogP contribution is 2.30. The van der Waals surface area contributed by atoms with Crippen LogP contribution in [0.2, 0.25) is 0 Å². The van der Waals surface area contributed by atoms with Crippen LogP contribution < -0.4 is 10.6 Å². The number of amides is 2. The van der Waals surface area contributed by atoms with Gasteiger partial charge in [0.2, 0.25) is 0 Å². The van der Waals surface area contributed by atoms with Gasteiger partial charge in [0, 0.05) is 4.88 Å². The molecule has 0 unspecified atom stereocenters. The predicted octanol–water partition coefficient (Wildman–Crippen LogP) is 0.681. The Labute approximate surface area is 117 Å². The van der Waals surface area contributed by atoms with Crippen molar-refractivity contribution in [3.63, 3.8) is 0 Å². The SMILES string of the molecule is O=C(O)C[C@@H](NC(=O)Nc1nc2c(s1)CCC2)C(=O)O. The van der Waals surface area contributed by atoms with Gasteiger partial charge in [-0.1, -0.05) is 0 Å². The summed E-state index contributed by atoms with van der Waals surface area (Å²) in [5.74, 6) is -2.70. The summed E-state index contributed by atoms with van der Waals surface area (Å²) in [6.45, 7) is 0. The number of urea groups is 1. The summed E-state index contributed by atoms with van der Waals surface area (Å²) >= 11 is 1.35. The zero-order valence-electron chi connectivity index (χ0n) is 10.4. The van der Waals surface area contributed by atoms with E-state index in [1.54, 1.807) is 0 Å². The minimum Gasteiger partial charge on any atom is -0.481 e.